The Hall–Kier alpha value is -2.15. The molecule has 0 fully saturated rings. The van der Waals surface area contributed by atoms with Crippen LogP contribution in [0.1, 0.15) is 13.8 Å². The molecule has 1 amide bonds. The minimum absolute atomic E-state index is 0.0981. The molecule has 1 unspecified atom stereocenters. The molecular formula is C14H18N2O2. The largest absolute Gasteiger partial charge is 0.482 e. The van der Waals surface area contributed by atoms with E-state index in [1.54, 1.807) is 24.3 Å². The fraction of sp³-hybridized carbons (Fsp3) is 0.357. The summed E-state index contributed by atoms with van der Waals surface area (Å²) in [5, 5.41) is 2.71. The Morgan fingerprint density at radius 1 is 1.50 bits per heavy atom. The Kier molecular flexibility index (Phi) is 5.06. The van der Waals surface area contributed by atoms with Crippen molar-refractivity contribution in [1.82, 2.24) is 5.32 Å². The molecule has 96 valence electrons. The lowest BCUT2D eigenvalue weighted by atomic mass is 10.1. The summed E-state index contributed by atoms with van der Waals surface area (Å²) in [6, 6.07) is 6.74. The molecule has 0 saturated heterocycles. The Morgan fingerprint density at radius 2 is 2.17 bits per heavy atom. The van der Waals surface area contributed by atoms with Crippen molar-refractivity contribution in [3.63, 3.8) is 0 Å². The molecule has 0 spiro atoms. The van der Waals surface area contributed by atoms with Crippen molar-refractivity contribution in [1.29, 1.82) is 0 Å². The molecule has 0 saturated carbocycles. The average molecular weight is 246 g/mol. The van der Waals surface area contributed by atoms with Crippen LogP contribution in [0.2, 0.25) is 0 Å². The SMILES string of the molecule is C#CC(NC(=O)COc1ccccc1N)C(C)C. The summed E-state index contributed by atoms with van der Waals surface area (Å²) in [6.45, 7) is 3.79. The van der Waals surface area contributed by atoms with Gasteiger partial charge in [0.1, 0.15) is 5.75 Å². The summed E-state index contributed by atoms with van der Waals surface area (Å²) in [5.41, 5.74) is 6.20. The summed E-state index contributed by atoms with van der Waals surface area (Å²) in [4.78, 5) is 11.6. The van der Waals surface area contributed by atoms with E-state index >= 15 is 0 Å². The van der Waals surface area contributed by atoms with E-state index < -0.39 is 0 Å². The van der Waals surface area contributed by atoms with E-state index in [0.29, 0.717) is 11.4 Å². The second-order valence-corrected chi connectivity index (χ2v) is 4.28. The van der Waals surface area contributed by atoms with Gasteiger partial charge in [-0.3, -0.25) is 4.79 Å². The van der Waals surface area contributed by atoms with E-state index in [1.165, 1.54) is 0 Å². The minimum Gasteiger partial charge on any atom is -0.482 e. The van der Waals surface area contributed by atoms with Gasteiger partial charge in [0.25, 0.3) is 5.91 Å². The number of ether oxygens (including phenoxy) is 1. The first kappa shape index (κ1) is 13.9. The number of terminal acetylenes is 1. The van der Waals surface area contributed by atoms with Crippen LogP contribution in [0.3, 0.4) is 0 Å². The summed E-state index contributed by atoms with van der Waals surface area (Å²) in [7, 11) is 0. The number of amides is 1. The van der Waals surface area contributed by atoms with Gasteiger partial charge in [-0.05, 0) is 18.1 Å². The molecule has 1 atom stereocenters. The van der Waals surface area contributed by atoms with Gasteiger partial charge in [0.15, 0.2) is 6.61 Å². The Bertz CT molecular complexity index is 449. The summed E-state index contributed by atoms with van der Waals surface area (Å²) in [5.74, 6) is 2.95. The number of para-hydroxylation sites is 2. The van der Waals surface area contributed by atoms with E-state index in [2.05, 4.69) is 11.2 Å². The molecule has 0 aliphatic carbocycles. The van der Waals surface area contributed by atoms with Crippen molar-refractivity contribution >= 4 is 11.6 Å². The monoisotopic (exact) mass is 246 g/mol. The number of nitrogens with two attached hydrogens (primary N) is 1. The highest BCUT2D eigenvalue weighted by Gasteiger charge is 2.13. The number of carbonyl (C=O) groups excluding carboxylic acids is 1. The number of nitrogens with one attached hydrogen (secondary N) is 1. The quantitative estimate of drug-likeness (QED) is 0.610. The standard InChI is InChI=1S/C14H18N2O2/c1-4-12(10(2)3)16-14(17)9-18-13-8-6-5-7-11(13)15/h1,5-8,10,12H,9,15H2,2-3H3,(H,16,17). The van der Waals surface area contributed by atoms with Gasteiger partial charge < -0.3 is 15.8 Å². The number of hydrogen-bond acceptors (Lipinski definition) is 3. The number of benzene rings is 1. The van der Waals surface area contributed by atoms with Gasteiger partial charge in [-0.15, -0.1) is 6.42 Å². The number of hydrogen-bond donors (Lipinski definition) is 2. The molecule has 1 aromatic rings. The first-order valence-electron chi connectivity index (χ1n) is 5.77. The van der Waals surface area contributed by atoms with Crippen LogP contribution < -0.4 is 15.8 Å². The van der Waals surface area contributed by atoms with Crippen LogP contribution in [-0.2, 0) is 4.79 Å². The van der Waals surface area contributed by atoms with E-state index in [0.717, 1.165) is 0 Å². The average Bonchev–Trinajstić information content (AvgIpc) is 2.34. The van der Waals surface area contributed by atoms with Gasteiger partial charge in [0.05, 0.1) is 11.7 Å². The van der Waals surface area contributed by atoms with Crippen LogP contribution >= 0.6 is 0 Å². The first-order chi connectivity index (χ1) is 8.54. The third-order valence-corrected chi connectivity index (χ3v) is 2.44. The highest BCUT2D eigenvalue weighted by Crippen LogP contribution is 2.19. The van der Waals surface area contributed by atoms with Crippen molar-refractivity contribution in [3.05, 3.63) is 24.3 Å². The lowest BCUT2D eigenvalue weighted by molar-refractivity contribution is -0.123. The van der Waals surface area contributed by atoms with Crippen molar-refractivity contribution < 1.29 is 9.53 Å². The van der Waals surface area contributed by atoms with Crippen molar-refractivity contribution in [3.8, 4) is 18.1 Å². The molecule has 3 N–H and O–H groups in total. The lowest BCUT2D eigenvalue weighted by Crippen LogP contribution is -2.40. The third-order valence-electron chi connectivity index (χ3n) is 2.44. The van der Waals surface area contributed by atoms with Crippen molar-refractivity contribution in [2.24, 2.45) is 5.92 Å². The first-order valence-corrected chi connectivity index (χ1v) is 5.77. The molecule has 18 heavy (non-hydrogen) atoms. The summed E-state index contributed by atoms with van der Waals surface area (Å²) < 4.78 is 5.32. The molecule has 0 heterocycles. The zero-order valence-electron chi connectivity index (χ0n) is 10.6. The molecule has 4 nitrogen and oxygen atoms in total. The Labute approximate surface area is 108 Å². The van der Waals surface area contributed by atoms with E-state index in [9.17, 15) is 4.79 Å². The Morgan fingerprint density at radius 3 is 2.72 bits per heavy atom. The van der Waals surface area contributed by atoms with Gasteiger partial charge in [-0.1, -0.05) is 31.9 Å². The van der Waals surface area contributed by atoms with Gasteiger partial charge in [0, 0.05) is 0 Å². The van der Waals surface area contributed by atoms with Crippen LogP contribution in [0.4, 0.5) is 5.69 Å². The highest BCUT2D eigenvalue weighted by molar-refractivity contribution is 5.78. The molecule has 0 radical (unpaired) electrons. The van der Waals surface area contributed by atoms with Crippen LogP contribution in [0, 0.1) is 18.3 Å². The highest BCUT2D eigenvalue weighted by atomic mass is 16.5. The molecule has 0 aromatic heterocycles. The van der Waals surface area contributed by atoms with Gasteiger partial charge >= 0.3 is 0 Å². The van der Waals surface area contributed by atoms with Gasteiger partial charge in [0.2, 0.25) is 0 Å². The number of carbonyl (C=O) groups is 1. The topological polar surface area (TPSA) is 64.3 Å². The number of anilines is 1. The molecule has 0 aliphatic heterocycles. The molecule has 1 aromatic carbocycles. The zero-order valence-corrected chi connectivity index (χ0v) is 10.6. The van der Waals surface area contributed by atoms with Crippen LogP contribution in [0.25, 0.3) is 0 Å². The molecule has 0 aliphatic rings. The molecule has 1 rings (SSSR count). The van der Waals surface area contributed by atoms with Gasteiger partial charge in [-0.25, -0.2) is 0 Å². The summed E-state index contributed by atoms with van der Waals surface area (Å²) >= 11 is 0. The number of rotatable bonds is 5. The maximum atomic E-state index is 11.6. The Balaban J connectivity index is 2.48. The van der Waals surface area contributed by atoms with Crippen LogP contribution in [0.15, 0.2) is 24.3 Å². The third kappa shape index (κ3) is 4.02. The van der Waals surface area contributed by atoms with E-state index in [-0.39, 0.29) is 24.5 Å². The van der Waals surface area contributed by atoms with Crippen molar-refractivity contribution in [2.75, 3.05) is 12.3 Å². The molecule has 0 bridgehead atoms. The smallest absolute Gasteiger partial charge is 0.258 e. The lowest BCUT2D eigenvalue weighted by Gasteiger charge is -2.16. The fourth-order valence-corrected chi connectivity index (χ4v) is 1.37. The second-order valence-electron chi connectivity index (χ2n) is 4.28. The van der Waals surface area contributed by atoms with Crippen molar-refractivity contribution in [2.45, 2.75) is 19.9 Å². The van der Waals surface area contributed by atoms with E-state index in [4.69, 9.17) is 16.9 Å². The van der Waals surface area contributed by atoms with E-state index in [1.807, 2.05) is 13.8 Å². The predicted octanol–water partition coefficient (Wildman–Crippen LogP) is 1.42. The normalized spacial score (nSPS) is 11.7. The molecular weight excluding hydrogens is 228 g/mol. The zero-order chi connectivity index (χ0) is 13.5. The maximum absolute atomic E-state index is 11.6. The minimum atomic E-state index is -0.283. The fourth-order valence-electron chi connectivity index (χ4n) is 1.37. The van der Waals surface area contributed by atoms with Crippen LogP contribution in [0.5, 0.6) is 5.75 Å². The number of nitrogen functional groups attached to an aromatic ring is 1. The molecule has 4 heteroatoms. The van der Waals surface area contributed by atoms with Gasteiger partial charge in [-0.2, -0.15) is 0 Å². The predicted molar refractivity (Wildman–Crippen MR) is 72.0 cm³/mol. The summed E-state index contributed by atoms with van der Waals surface area (Å²) in [6.07, 6.45) is 5.33. The van der Waals surface area contributed by atoms with Crippen LogP contribution in [-0.4, -0.2) is 18.6 Å². The second kappa shape index (κ2) is 6.55. The maximum Gasteiger partial charge on any atom is 0.258 e.